The van der Waals surface area contributed by atoms with Crippen molar-refractivity contribution in [1.82, 2.24) is 13.7 Å². The lowest BCUT2D eigenvalue weighted by Gasteiger charge is -2.19. The van der Waals surface area contributed by atoms with E-state index in [1.54, 1.807) is 55.1 Å². The van der Waals surface area contributed by atoms with Gasteiger partial charge >= 0.3 is 5.69 Å². The minimum Gasteiger partial charge on any atom is -0.486 e. The molecule has 10 heteroatoms. The maximum Gasteiger partial charge on any atom is 0.330 e. The summed E-state index contributed by atoms with van der Waals surface area (Å²) in [5, 5.41) is 11.9. The number of benzene rings is 2. The minimum atomic E-state index is -0.484. The van der Waals surface area contributed by atoms with E-state index in [4.69, 9.17) is 9.47 Å². The summed E-state index contributed by atoms with van der Waals surface area (Å²) in [7, 11) is 2.99. The van der Waals surface area contributed by atoms with Crippen molar-refractivity contribution in [3.8, 4) is 28.4 Å². The largest absolute Gasteiger partial charge is 0.486 e. The Morgan fingerprint density at radius 1 is 0.970 bits per heavy atom. The third-order valence-electron chi connectivity index (χ3n) is 5.92. The second kappa shape index (κ2) is 7.37. The molecule has 2 aromatic heterocycles. The fraction of sp³-hybridized carbons (Fsp3) is 0.217. The van der Waals surface area contributed by atoms with E-state index < -0.39 is 16.2 Å². The maximum absolute atomic E-state index is 13.2. The first-order valence-corrected chi connectivity index (χ1v) is 10.2. The molecule has 1 aliphatic rings. The monoisotopic (exact) mass is 448 g/mol. The molecule has 0 radical (unpaired) electrons. The molecule has 168 valence electrons. The molecule has 4 aromatic rings. The van der Waals surface area contributed by atoms with Gasteiger partial charge in [-0.1, -0.05) is 12.1 Å². The molecule has 3 heterocycles. The smallest absolute Gasteiger partial charge is 0.330 e. The molecule has 0 N–H and O–H groups in total. The molecule has 0 saturated carbocycles. The molecular weight excluding hydrogens is 428 g/mol. The molecule has 0 spiro atoms. The fourth-order valence-corrected chi connectivity index (χ4v) is 4.16. The van der Waals surface area contributed by atoms with Gasteiger partial charge in [0.2, 0.25) is 0 Å². The Morgan fingerprint density at radius 3 is 2.42 bits per heavy atom. The average Bonchev–Trinajstić information content (AvgIpc) is 3.22. The van der Waals surface area contributed by atoms with Crippen LogP contribution in [0.5, 0.6) is 11.5 Å². The minimum absolute atomic E-state index is 0.0581. The van der Waals surface area contributed by atoms with Gasteiger partial charge in [0, 0.05) is 49.2 Å². The first-order valence-electron chi connectivity index (χ1n) is 10.2. The van der Waals surface area contributed by atoms with E-state index in [9.17, 15) is 19.7 Å². The van der Waals surface area contributed by atoms with Crippen molar-refractivity contribution in [2.24, 2.45) is 14.1 Å². The van der Waals surface area contributed by atoms with Gasteiger partial charge in [-0.15, -0.1) is 0 Å². The van der Waals surface area contributed by atoms with Crippen LogP contribution in [0.2, 0.25) is 0 Å². The molecule has 5 rings (SSSR count). The summed E-state index contributed by atoms with van der Waals surface area (Å²) in [6.45, 7) is 2.52. The first kappa shape index (κ1) is 20.6. The van der Waals surface area contributed by atoms with Crippen molar-refractivity contribution in [2.45, 2.75) is 6.92 Å². The van der Waals surface area contributed by atoms with Crippen LogP contribution >= 0.6 is 0 Å². The maximum atomic E-state index is 13.2. The molecule has 0 aliphatic carbocycles. The van der Waals surface area contributed by atoms with Gasteiger partial charge < -0.3 is 14.0 Å². The van der Waals surface area contributed by atoms with Crippen LogP contribution in [0.4, 0.5) is 5.69 Å². The van der Waals surface area contributed by atoms with Crippen molar-refractivity contribution in [2.75, 3.05) is 13.2 Å². The summed E-state index contributed by atoms with van der Waals surface area (Å²) in [6, 6.07) is 10.2. The lowest BCUT2D eigenvalue weighted by atomic mass is 10.1. The van der Waals surface area contributed by atoms with Crippen molar-refractivity contribution in [3.63, 3.8) is 0 Å². The standard InChI is InChI=1S/C23H20N4O6/c1-13-4-5-14(10-16(13)27(30)31)21-20-17(24(2)23(29)25(3)22(20)28)12-26(21)15-6-7-18-19(11-15)33-9-8-32-18/h4-7,10-12H,8-9H2,1-3H3. The van der Waals surface area contributed by atoms with E-state index in [2.05, 4.69) is 0 Å². The van der Waals surface area contributed by atoms with E-state index >= 15 is 0 Å². The van der Waals surface area contributed by atoms with Gasteiger partial charge in [0.1, 0.15) is 13.2 Å². The van der Waals surface area contributed by atoms with Crippen molar-refractivity contribution in [3.05, 3.63) is 79.1 Å². The number of hydrogen-bond donors (Lipinski definition) is 0. The van der Waals surface area contributed by atoms with Crippen LogP contribution in [-0.4, -0.2) is 31.8 Å². The molecule has 0 fully saturated rings. The number of aromatic nitrogens is 3. The number of rotatable bonds is 3. The predicted molar refractivity (Wildman–Crippen MR) is 122 cm³/mol. The van der Waals surface area contributed by atoms with Crippen molar-refractivity contribution >= 4 is 16.6 Å². The Kier molecular flexibility index (Phi) is 4.59. The molecule has 0 atom stereocenters. The number of aryl methyl sites for hydroxylation is 2. The van der Waals surface area contributed by atoms with Crippen molar-refractivity contribution in [1.29, 1.82) is 0 Å². The van der Waals surface area contributed by atoms with Crippen LogP contribution in [0, 0.1) is 17.0 Å². The van der Waals surface area contributed by atoms with Crippen LogP contribution in [0.1, 0.15) is 5.56 Å². The molecule has 2 aromatic carbocycles. The Hall–Kier alpha value is -4.34. The third kappa shape index (κ3) is 3.10. The van der Waals surface area contributed by atoms with E-state index in [1.807, 2.05) is 0 Å². The Balaban J connectivity index is 1.89. The van der Waals surface area contributed by atoms with Gasteiger partial charge in [-0.2, -0.15) is 0 Å². The van der Waals surface area contributed by atoms with E-state index in [0.717, 1.165) is 4.57 Å². The Morgan fingerprint density at radius 2 is 1.70 bits per heavy atom. The van der Waals surface area contributed by atoms with Gasteiger partial charge in [0.25, 0.3) is 11.2 Å². The number of nitro benzene ring substituents is 1. The molecule has 0 saturated heterocycles. The molecule has 0 amide bonds. The highest BCUT2D eigenvalue weighted by Gasteiger charge is 2.23. The van der Waals surface area contributed by atoms with E-state index in [-0.39, 0.29) is 11.1 Å². The lowest BCUT2D eigenvalue weighted by molar-refractivity contribution is -0.385. The molecule has 0 bridgehead atoms. The highest BCUT2D eigenvalue weighted by atomic mass is 16.6. The van der Waals surface area contributed by atoms with Gasteiger partial charge in [-0.05, 0) is 19.1 Å². The van der Waals surface area contributed by atoms with Gasteiger partial charge in [0.05, 0.1) is 21.5 Å². The van der Waals surface area contributed by atoms with Crippen LogP contribution in [0.15, 0.2) is 52.2 Å². The molecule has 0 unspecified atom stereocenters. The number of nitrogens with zero attached hydrogens (tertiary/aromatic N) is 4. The number of fused-ring (bicyclic) bond motifs is 2. The quantitative estimate of drug-likeness (QED) is 0.352. The van der Waals surface area contributed by atoms with Crippen LogP contribution in [0.25, 0.3) is 27.8 Å². The zero-order chi connectivity index (χ0) is 23.4. The highest BCUT2D eigenvalue weighted by molar-refractivity contribution is 5.95. The molecular formula is C23H20N4O6. The summed E-state index contributed by atoms with van der Waals surface area (Å²) in [4.78, 5) is 36.9. The van der Waals surface area contributed by atoms with E-state index in [1.165, 1.54) is 17.7 Å². The van der Waals surface area contributed by atoms with Gasteiger partial charge in [-0.3, -0.25) is 24.0 Å². The van der Waals surface area contributed by atoms with Crippen LogP contribution in [0.3, 0.4) is 0 Å². The number of nitro groups is 1. The zero-order valence-electron chi connectivity index (χ0n) is 18.2. The third-order valence-corrected chi connectivity index (χ3v) is 5.92. The van der Waals surface area contributed by atoms with E-state index in [0.29, 0.717) is 52.7 Å². The summed E-state index contributed by atoms with van der Waals surface area (Å²) < 4.78 is 15.5. The van der Waals surface area contributed by atoms with Gasteiger partial charge in [-0.25, -0.2) is 4.79 Å². The second-order valence-corrected chi connectivity index (χ2v) is 7.90. The fourth-order valence-electron chi connectivity index (χ4n) is 4.16. The van der Waals surface area contributed by atoms with Crippen LogP contribution < -0.4 is 20.7 Å². The topological polar surface area (TPSA) is 111 Å². The predicted octanol–water partition coefficient (Wildman–Crippen LogP) is 2.68. The SMILES string of the molecule is Cc1ccc(-c2c3c(=O)n(C)c(=O)n(C)c3cn2-c2ccc3c(c2)OCCO3)cc1[N+](=O)[O-]. The second-order valence-electron chi connectivity index (χ2n) is 7.90. The summed E-state index contributed by atoms with van der Waals surface area (Å²) in [5.74, 6) is 1.16. The Labute approximate surface area is 187 Å². The summed E-state index contributed by atoms with van der Waals surface area (Å²) in [6.07, 6.45) is 1.69. The lowest BCUT2D eigenvalue weighted by Crippen LogP contribution is -2.36. The zero-order valence-corrected chi connectivity index (χ0v) is 18.2. The normalized spacial score (nSPS) is 12.8. The molecule has 33 heavy (non-hydrogen) atoms. The summed E-state index contributed by atoms with van der Waals surface area (Å²) in [5.41, 5.74) is 1.49. The van der Waals surface area contributed by atoms with Crippen LogP contribution in [-0.2, 0) is 14.1 Å². The first-order chi connectivity index (χ1) is 15.8. The number of hydrogen-bond acceptors (Lipinski definition) is 6. The van der Waals surface area contributed by atoms with Crippen molar-refractivity contribution < 1.29 is 14.4 Å². The average molecular weight is 448 g/mol. The molecule has 10 nitrogen and oxygen atoms in total. The molecule has 1 aliphatic heterocycles. The number of ether oxygens (including phenoxy) is 2. The summed E-state index contributed by atoms with van der Waals surface area (Å²) >= 11 is 0. The highest BCUT2D eigenvalue weighted by Crippen LogP contribution is 2.37. The van der Waals surface area contributed by atoms with Gasteiger partial charge in [0.15, 0.2) is 11.5 Å². The Bertz CT molecular complexity index is 1580.